The monoisotopic (exact) mass is 254 g/mol. The van der Waals surface area contributed by atoms with Crippen LogP contribution in [0, 0.1) is 0 Å². The van der Waals surface area contributed by atoms with Crippen LogP contribution in [0.3, 0.4) is 0 Å². The predicted octanol–water partition coefficient (Wildman–Crippen LogP) is 1.67. The molecule has 0 aromatic heterocycles. The van der Waals surface area contributed by atoms with Crippen molar-refractivity contribution in [3.05, 3.63) is 34.9 Å². The van der Waals surface area contributed by atoms with Crippen LogP contribution >= 0.6 is 11.6 Å². The smallest absolute Gasteiger partial charge is 0.0475 e. The third-order valence-corrected chi connectivity index (χ3v) is 3.98. The van der Waals surface area contributed by atoms with Gasteiger partial charge in [-0.15, -0.1) is 0 Å². The molecule has 1 heterocycles. The van der Waals surface area contributed by atoms with E-state index in [0.29, 0.717) is 6.54 Å². The molecule has 2 rings (SSSR count). The van der Waals surface area contributed by atoms with Gasteiger partial charge < -0.3 is 16.2 Å². The van der Waals surface area contributed by atoms with E-state index < -0.39 is 0 Å². The van der Waals surface area contributed by atoms with Gasteiger partial charge in [-0.1, -0.05) is 23.7 Å². The van der Waals surface area contributed by atoms with Gasteiger partial charge in [-0.25, -0.2) is 0 Å². The van der Waals surface area contributed by atoms with Crippen molar-refractivity contribution in [3.8, 4) is 0 Å². The molecule has 1 aliphatic heterocycles. The lowest BCUT2D eigenvalue weighted by molar-refractivity contribution is 0.0410. The van der Waals surface area contributed by atoms with Crippen LogP contribution < -0.4 is 11.5 Å². The summed E-state index contributed by atoms with van der Waals surface area (Å²) in [7, 11) is 0. The van der Waals surface area contributed by atoms with Gasteiger partial charge in [0.1, 0.15) is 0 Å². The quantitative estimate of drug-likeness (QED) is 0.863. The van der Waals surface area contributed by atoms with Gasteiger partial charge in [0, 0.05) is 36.2 Å². The summed E-state index contributed by atoms with van der Waals surface area (Å²) in [5, 5.41) is 0.748. The predicted molar refractivity (Wildman–Crippen MR) is 70.2 cm³/mol. The van der Waals surface area contributed by atoms with Crippen molar-refractivity contribution < 1.29 is 4.74 Å². The van der Waals surface area contributed by atoms with Crippen molar-refractivity contribution in [1.29, 1.82) is 0 Å². The van der Waals surface area contributed by atoms with E-state index in [2.05, 4.69) is 6.07 Å². The van der Waals surface area contributed by atoms with Gasteiger partial charge >= 0.3 is 0 Å². The van der Waals surface area contributed by atoms with Crippen LogP contribution in [-0.2, 0) is 10.2 Å². The van der Waals surface area contributed by atoms with Crippen molar-refractivity contribution >= 4 is 11.6 Å². The highest BCUT2D eigenvalue weighted by Crippen LogP contribution is 2.37. The van der Waals surface area contributed by atoms with E-state index in [9.17, 15) is 0 Å². The summed E-state index contributed by atoms with van der Waals surface area (Å²) in [4.78, 5) is 0. The Balaban J connectivity index is 2.38. The summed E-state index contributed by atoms with van der Waals surface area (Å²) >= 11 is 6.07. The van der Waals surface area contributed by atoms with E-state index in [4.69, 9.17) is 27.8 Å². The van der Waals surface area contributed by atoms with Gasteiger partial charge in [-0.3, -0.25) is 0 Å². The number of hydrogen-bond acceptors (Lipinski definition) is 3. The molecular formula is C13H19ClN2O. The molecule has 4 heteroatoms. The highest BCUT2D eigenvalue weighted by molar-refractivity contribution is 6.30. The first-order chi connectivity index (χ1) is 8.19. The van der Waals surface area contributed by atoms with Crippen molar-refractivity contribution in [2.24, 2.45) is 11.5 Å². The highest BCUT2D eigenvalue weighted by Gasteiger charge is 2.39. The zero-order valence-electron chi connectivity index (χ0n) is 9.86. The first-order valence-corrected chi connectivity index (χ1v) is 6.36. The Morgan fingerprint density at radius 1 is 1.35 bits per heavy atom. The van der Waals surface area contributed by atoms with Gasteiger partial charge in [0.25, 0.3) is 0 Å². The Hall–Kier alpha value is -0.610. The summed E-state index contributed by atoms with van der Waals surface area (Å²) in [5.74, 6) is 0. The maximum Gasteiger partial charge on any atom is 0.0475 e. The van der Waals surface area contributed by atoms with Crippen LogP contribution in [0.15, 0.2) is 24.3 Å². The first-order valence-electron chi connectivity index (χ1n) is 5.98. The van der Waals surface area contributed by atoms with E-state index in [-0.39, 0.29) is 11.5 Å². The molecule has 1 unspecified atom stereocenters. The van der Waals surface area contributed by atoms with Crippen molar-refractivity contribution in [1.82, 2.24) is 0 Å². The molecule has 0 aliphatic carbocycles. The van der Waals surface area contributed by atoms with Crippen molar-refractivity contribution in [3.63, 3.8) is 0 Å². The SMILES string of the molecule is NCC(N)C1(c2cccc(Cl)c2)CCOCC1. The van der Waals surface area contributed by atoms with Crippen LogP contribution in [0.4, 0.5) is 0 Å². The topological polar surface area (TPSA) is 61.3 Å². The number of rotatable bonds is 3. The van der Waals surface area contributed by atoms with Crippen LogP contribution in [0.1, 0.15) is 18.4 Å². The van der Waals surface area contributed by atoms with E-state index in [1.54, 1.807) is 0 Å². The summed E-state index contributed by atoms with van der Waals surface area (Å²) in [6.45, 7) is 1.95. The minimum atomic E-state index is -0.0854. The normalized spacial score (nSPS) is 21.1. The molecule has 1 aromatic rings. The molecule has 0 saturated carbocycles. The van der Waals surface area contributed by atoms with Crippen LogP contribution in [0.2, 0.25) is 5.02 Å². The Morgan fingerprint density at radius 3 is 2.65 bits per heavy atom. The fraction of sp³-hybridized carbons (Fsp3) is 0.538. The number of hydrogen-bond donors (Lipinski definition) is 2. The largest absolute Gasteiger partial charge is 0.381 e. The van der Waals surface area contributed by atoms with Crippen LogP contribution in [-0.4, -0.2) is 25.8 Å². The lowest BCUT2D eigenvalue weighted by Crippen LogP contribution is -2.52. The van der Waals surface area contributed by atoms with Crippen LogP contribution in [0.5, 0.6) is 0 Å². The van der Waals surface area contributed by atoms with E-state index in [1.807, 2.05) is 18.2 Å². The molecule has 1 saturated heterocycles. The van der Waals surface area contributed by atoms with Crippen molar-refractivity contribution in [2.45, 2.75) is 24.3 Å². The number of ether oxygens (including phenoxy) is 1. The van der Waals surface area contributed by atoms with E-state index in [1.165, 1.54) is 5.56 Å². The number of nitrogens with two attached hydrogens (primary N) is 2. The fourth-order valence-corrected chi connectivity index (χ4v) is 2.82. The van der Waals surface area contributed by atoms with E-state index in [0.717, 1.165) is 31.1 Å². The molecular weight excluding hydrogens is 236 g/mol. The summed E-state index contributed by atoms with van der Waals surface area (Å²) < 4.78 is 5.44. The highest BCUT2D eigenvalue weighted by atomic mass is 35.5. The molecule has 4 N–H and O–H groups in total. The third kappa shape index (κ3) is 2.47. The zero-order chi connectivity index (χ0) is 12.3. The lowest BCUT2D eigenvalue weighted by atomic mass is 9.69. The summed E-state index contributed by atoms with van der Waals surface area (Å²) in [6.07, 6.45) is 1.82. The number of halogens is 1. The molecule has 1 aromatic carbocycles. The zero-order valence-corrected chi connectivity index (χ0v) is 10.6. The molecule has 0 bridgehead atoms. The average molecular weight is 255 g/mol. The first kappa shape index (κ1) is 12.8. The lowest BCUT2D eigenvalue weighted by Gasteiger charge is -2.42. The van der Waals surface area contributed by atoms with Crippen LogP contribution in [0.25, 0.3) is 0 Å². The van der Waals surface area contributed by atoms with Gasteiger partial charge in [0.05, 0.1) is 0 Å². The summed E-state index contributed by atoms with van der Waals surface area (Å²) in [5.41, 5.74) is 13.1. The average Bonchev–Trinajstić information content (AvgIpc) is 2.38. The Kier molecular flexibility index (Phi) is 4.05. The molecule has 1 aliphatic rings. The molecule has 1 atom stereocenters. The Labute approximate surface area is 107 Å². The molecule has 0 spiro atoms. The number of benzene rings is 1. The maximum absolute atomic E-state index is 6.24. The maximum atomic E-state index is 6.24. The van der Waals surface area contributed by atoms with Crippen molar-refractivity contribution in [2.75, 3.05) is 19.8 Å². The molecule has 1 fully saturated rings. The van der Waals surface area contributed by atoms with E-state index >= 15 is 0 Å². The fourth-order valence-electron chi connectivity index (χ4n) is 2.63. The molecule has 17 heavy (non-hydrogen) atoms. The van der Waals surface area contributed by atoms with Gasteiger partial charge in [-0.2, -0.15) is 0 Å². The molecule has 0 radical (unpaired) electrons. The standard InChI is InChI=1S/C13H19ClN2O/c14-11-3-1-2-10(8-11)13(12(16)9-15)4-6-17-7-5-13/h1-3,8,12H,4-7,9,15-16H2. The van der Waals surface area contributed by atoms with Gasteiger partial charge in [-0.05, 0) is 30.5 Å². The summed E-state index contributed by atoms with van der Waals surface area (Å²) in [6, 6.07) is 7.89. The molecule has 94 valence electrons. The van der Waals surface area contributed by atoms with Gasteiger partial charge in [0.15, 0.2) is 0 Å². The van der Waals surface area contributed by atoms with Gasteiger partial charge in [0.2, 0.25) is 0 Å². The molecule has 3 nitrogen and oxygen atoms in total. The second kappa shape index (κ2) is 5.36. The Morgan fingerprint density at radius 2 is 2.06 bits per heavy atom. The second-order valence-corrected chi connectivity index (χ2v) is 5.06. The Bertz CT molecular complexity index is 377. The minimum absolute atomic E-state index is 0.0510. The minimum Gasteiger partial charge on any atom is -0.381 e. The molecule has 0 amide bonds. The second-order valence-electron chi connectivity index (χ2n) is 4.62. The third-order valence-electron chi connectivity index (χ3n) is 3.75.